The molecule has 250 valence electrons. The Morgan fingerprint density at radius 2 is 0.685 bits per heavy atom. The number of hydrogen-bond donors (Lipinski definition) is 0. The lowest BCUT2D eigenvalue weighted by molar-refractivity contribution is 0.633. The molecule has 10 aromatic carbocycles. The maximum Gasteiger partial charge on any atom is 0.178 e. The fourth-order valence-electron chi connectivity index (χ4n) is 9.02. The topological polar surface area (TPSA) is 26.3 Å². The minimum atomic E-state index is 0.791. The lowest BCUT2D eigenvalue weighted by Crippen LogP contribution is -1.93. The second-order valence-electron chi connectivity index (χ2n) is 14.3. The summed E-state index contributed by atoms with van der Waals surface area (Å²) >= 11 is 0. The van der Waals surface area contributed by atoms with Crippen LogP contribution in [0.2, 0.25) is 0 Å². The highest BCUT2D eigenvalue weighted by molar-refractivity contribution is 6.26. The summed E-state index contributed by atoms with van der Waals surface area (Å²) in [5.74, 6) is 0. The highest BCUT2D eigenvalue weighted by Crippen LogP contribution is 2.48. The van der Waals surface area contributed by atoms with Crippen molar-refractivity contribution in [1.29, 1.82) is 0 Å². The highest BCUT2D eigenvalue weighted by Gasteiger charge is 2.21. The fraction of sp³-hybridized carbons (Fsp3) is 0. The molecule has 0 amide bonds. The molecule has 0 unspecified atom stereocenters. The van der Waals surface area contributed by atoms with E-state index < -0.39 is 0 Å². The predicted molar refractivity (Wildman–Crippen MR) is 227 cm³/mol. The van der Waals surface area contributed by atoms with Gasteiger partial charge in [-0.15, -0.1) is 0 Å². The molecular weight excluding hydrogens is 657 g/mol. The molecule has 0 bridgehead atoms. The molecule has 0 aliphatic heterocycles. The Bertz CT molecular complexity index is 3500. The average molecular weight is 687 g/mol. The molecule has 54 heavy (non-hydrogen) atoms. The van der Waals surface area contributed by atoms with Gasteiger partial charge in [0, 0.05) is 21.5 Å². The monoisotopic (exact) mass is 686 g/mol. The molecule has 12 aromatic rings. The smallest absolute Gasteiger partial charge is 0.178 e. The van der Waals surface area contributed by atoms with Crippen LogP contribution in [-0.2, 0) is 0 Å². The zero-order valence-corrected chi connectivity index (χ0v) is 29.1. The van der Waals surface area contributed by atoms with Gasteiger partial charge in [-0.1, -0.05) is 146 Å². The SMILES string of the molecule is c1ccc2c(-c3c4ccccc4c(-c4cccc5ccccc45)c4cc(-c5ccc6oc7c(ccc8c9ccccc9oc87)c6c5)ccc34)cccc2c1. The van der Waals surface area contributed by atoms with Gasteiger partial charge in [0.2, 0.25) is 0 Å². The first-order valence-corrected chi connectivity index (χ1v) is 18.5. The van der Waals surface area contributed by atoms with Crippen molar-refractivity contribution in [3.8, 4) is 33.4 Å². The second-order valence-corrected chi connectivity index (χ2v) is 14.3. The van der Waals surface area contributed by atoms with Crippen LogP contribution in [0.3, 0.4) is 0 Å². The summed E-state index contributed by atoms with van der Waals surface area (Å²) in [4.78, 5) is 0. The molecule has 0 N–H and O–H groups in total. The summed E-state index contributed by atoms with van der Waals surface area (Å²) in [6.07, 6.45) is 0. The zero-order chi connectivity index (χ0) is 35.3. The van der Waals surface area contributed by atoms with Crippen LogP contribution in [-0.4, -0.2) is 0 Å². The highest BCUT2D eigenvalue weighted by atomic mass is 16.4. The van der Waals surface area contributed by atoms with Gasteiger partial charge in [-0.05, 0) is 113 Å². The third-order valence-electron chi connectivity index (χ3n) is 11.5. The molecule has 0 fully saturated rings. The third-order valence-corrected chi connectivity index (χ3v) is 11.5. The van der Waals surface area contributed by atoms with E-state index in [1.54, 1.807) is 0 Å². The van der Waals surface area contributed by atoms with Crippen LogP contribution >= 0.6 is 0 Å². The molecule has 2 aromatic heterocycles. The summed E-state index contributed by atoms with van der Waals surface area (Å²) in [5.41, 5.74) is 10.6. The summed E-state index contributed by atoms with van der Waals surface area (Å²) in [5, 5.41) is 14.2. The van der Waals surface area contributed by atoms with E-state index in [1.807, 2.05) is 12.1 Å². The van der Waals surface area contributed by atoms with Crippen LogP contribution in [0.1, 0.15) is 0 Å². The van der Waals surface area contributed by atoms with Crippen LogP contribution in [0.5, 0.6) is 0 Å². The minimum Gasteiger partial charge on any atom is -0.452 e. The van der Waals surface area contributed by atoms with Crippen molar-refractivity contribution >= 4 is 87.0 Å². The van der Waals surface area contributed by atoms with Crippen molar-refractivity contribution in [3.05, 3.63) is 182 Å². The van der Waals surface area contributed by atoms with Crippen molar-refractivity contribution in [2.24, 2.45) is 0 Å². The second kappa shape index (κ2) is 11.2. The lowest BCUT2D eigenvalue weighted by Gasteiger charge is -2.20. The van der Waals surface area contributed by atoms with Crippen molar-refractivity contribution in [1.82, 2.24) is 0 Å². The third kappa shape index (κ3) is 4.17. The van der Waals surface area contributed by atoms with E-state index in [4.69, 9.17) is 8.83 Å². The van der Waals surface area contributed by atoms with Gasteiger partial charge in [0.05, 0.1) is 0 Å². The molecule has 0 spiro atoms. The van der Waals surface area contributed by atoms with Crippen molar-refractivity contribution < 1.29 is 8.83 Å². The first-order chi connectivity index (χ1) is 26.8. The van der Waals surface area contributed by atoms with Gasteiger partial charge in [0.15, 0.2) is 11.2 Å². The number of para-hydroxylation sites is 1. The number of furan rings is 2. The quantitative estimate of drug-likeness (QED) is 0.173. The molecule has 12 rings (SSSR count). The van der Waals surface area contributed by atoms with E-state index in [2.05, 4.69) is 170 Å². The van der Waals surface area contributed by atoms with E-state index in [9.17, 15) is 0 Å². The maximum absolute atomic E-state index is 6.53. The Kier molecular flexibility index (Phi) is 6.09. The summed E-state index contributed by atoms with van der Waals surface area (Å²) in [7, 11) is 0. The van der Waals surface area contributed by atoms with Crippen molar-refractivity contribution in [3.63, 3.8) is 0 Å². The van der Waals surface area contributed by atoms with E-state index in [-0.39, 0.29) is 0 Å². The maximum atomic E-state index is 6.53. The molecule has 0 saturated heterocycles. The van der Waals surface area contributed by atoms with Crippen LogP contribution < -0.4 is 0 Å². The average Bonchev–Trinajstić information content (AvgIpc) is 3.81. The number of fused-ring (bicyclic) bond motifs is 11. The summed E-state index contributed by atoms with van der Waals surface area (Å²) in [6, 6.07) is 65.9. The van der Waals surface area contributed by atoms with Crippen LogP contribution in [0, 0.1) is 0 Å². The van der Waals surface area contributed by atoms with Gasteiger partial charge in [0.25, 0.3) is 0 Å². The number of hydrogen-bond acceptors (Lipinski definition) is 2. The van der Waals surface area contributed by atoms with Gasteiger partial charge in [-0.3, -0.25) is 0 Å². The molecule has 0 radical (unpaired) electrons. The normalized spacial score (nSPS) is 12.1. The standard InChI is InChI=1S/C52H30O2/c1-3-15-35-31(11-1)13-9-20-38(35)49-40-18-5-6-19-41(40)50(39-21-10-14-32-12-2-4-16-36(32)39)46-30-33(23-25-42(46)49)34-24-28-48-45(29-34)44-27-26-43-37-17-7-8-22-47(37)53-51(43)52(44)54-48/h1-30H. The van der Waals surface area contributed by atoms with Crippen LogP contribution in [0.25, 0.3) is 120 Å². The van der Waals surface area contributed by atoms with E-state index in [1.165, 1.54) is 65.3 Å². The Morgan fingerprint density at radius 1 is 0.259 bits per heavy atom. The summed E-state index contributed by atoms with van der Waals surface area (Å²) in [6.45, 7) is 0. The van der Waals surface area contributed by atoms with E-state index in [0.717, 1.165) is 55.0 Å². The van der Waals surface area contributed by atoms with Crippen LogP contribution in [0.4, 0.5) is 0 Å². The van der Waals surface area contributed by atoms with Crippen molar-refractivity contribution in [2.45, 2.75) is 0 Å². The van der Waals surface area contributed by atoms with Gasteiger partial charge in [-0.25, -0.2) is 0 Å². The fourth-order valence-corrected chi connectivity index (χ4v) is 9.02. The molecule has 2 nitrogen and oxygen atoms in total. The van der Waals surface area contributed by atoms with E-state index >= 15 is 0 Å². The van der Waals surface area contributed by atoms with Gasteiger partial charge in [0.1, 0.15) is 11.2 Å². The molecule has 0 saturated carbocycles. The number of rotatable bonds is 3. The lowest BCUT2D eigenvalue weighted by atomic mass is 9.83. The predicted octanol–water partition coefficient (Wildman–Crippen LogP) is 15.1. The Labute approximate surface area is 310 Å². The Hall–Kier alpha value is -7.16. The molecule has 2 heterocycles. The first kappa shape index (κ1) is 29.4. The molecule has 2 heteroatoms. The minimum absolute atomic E-state index is 0.791. The van der Waals surface area contributed by atoms with Gasteiger partial charge < -0.3 is 8.83 Å². The zero-order valence-electron chi connectivity index (χ0n) is 29.1. The molecule has 0 atom stereocenters. The van der Waals surface area contributed by atoms with E-state index in [0.29, 0.717) is 0 Å². The van der Waals surface area contributed by atoms with Crippen LogP contribution in [0.15, 0.2) is 191 Å². The molecule has 0 aliphatic rings. The summed E-state index contributed by atoms with van der Waals surface area (Å²) < 4.78 is 12.9. The largest absolute Gasteiger partial charge is 0.452 e. The molecular formula is C52H30O2. The Balaban J connectivity index is 1.16. The molecule has 0 aliphatic carbocycles. The number of benzene rings is 10. The van der Waals surface area contributed by atoms with Gasteiger partial charge >= 0.3 is 0 Å². The van der Waals surface area contributed by atoms with Crippen molar-refractivity contribution in [2.75, 3.05) is 0 Å². The first-order valence-electron chi connectivity index (χ1n) is 18.5. The Morgan fingerprint density at radius 3 is 1.33 bits per heavy atom. The van der Waals surface area contributed by atoms with Gasteiger partial charge in [-0.2, -0.15) is 0 Å².